The van der Waals surface area contributed by atoms with Crippen LogP contribution < -0.4 is 24.0 Å². The molecule has 0 bridgehead atoms. The predicted octanol–water partition coefficient (Wildman–Crippen LogP) is 7.85. The molecule has 1 atom stereocenters. The minimum absolute atomic E-state index is 0. The van der Waals surface area contributed by atoms with E-state index in [1.807, 2.05) is 60.7 Å². The maximum atomic E-state index is 12.9. The Morgan fingerprint density at radius 3 is 1.61 bits per heavy atom. The first-order valence-electron chi connectivity index (χ1n) is 20.5. The van der Waals surface area contributed by atoms with E-state index in [0.717, 1.165) is 83.9 Å². The fourth-order valence-corrected chi connectivity index (χ4v) is 10.1. The summed E-state index contributed by atoms with van der Waals surface area (Å²) >= 11 is 0. The number of Topliss-reactive ketones (excluding diaryl/α,β-unsaturated/α-hetero) is 2. The van der Waals surface area contributed by atoms with Gasteiger partial charge in [0.05, 0.1) is 5.41 Å². The summed E-state index contributed by atoms with van der Waals surface area (Å²) in [5.74, 6) is 0.719. The molecule has 6 aromatic rings. The molecule has 0 saturated carbocycles. The molecule has 6 aliphatic carbocycles. The van der Waals surface area contributed by atoms with Crippen LogP contribution in [-0.4, -0.2) is 11.6 Å². The van der Waals surface area contributed by atoms with Gasteiger partial charge in [0.25, 0.3) is 0 Å². The Balaban J connectivity index is 0.000000113. The van der Waals surface area contributed by atoms with E-state index >= 15 is 0 Å². The topological polar surface area (TPSA) is 57.2 Å². The number of carbonyl (C=O) groups is 2. The molecule has 0 fully saturated rings. The average Bonchev–Trinajstić information content (AvgIpc) is 4.13. The fraction of sp³-hybridized carbons (Fsp3) is 0.164. The van der Waals surface area contributed by atoms with Gasteiger partial charge in [-0.25, -0.2) is 0 Å². The van der Waals surface area contributed by atoms with Gasteiger partial charge in [-0.05, 0) is 123 Å². The minimum Gasteiger partial charge on any atom is -0.872 e. The summed E-state index contributed by atoms with van der Waals surface area (Å²) in [7, 11) is 0. The number of allylic oxidation sites excluding steroid dienone is 7. The largest absolute Gasteiger partial charge is 1.00 e. The Labute approximate surface area is 358 Å². The van der Waals surface area contributed by atoms with Gasteiger partial charge in [0, 0.05) is 23.1 Å². The second kappa shape index (κ2) is 15.6. The van der Waals surface area contributed by atoms with Crippen LogP contribution in [0.4, 0.5) is 0 Å². The van der Waals surface area contributed by atoms with E-state index in [0.29, 0.717) is 0 Å². The average molecular weight is 759 g/mol. The molecule has 59 heavy (non-hydrogen) atoms. The van der Waals surface area contributed by atoms with E-state index in [-0.39, 0.29) is 36.2 Å². The van der Waals surface area contributed by atoms with Crippen molar-refractivity contribution in [2.75, 3.05) is 0 Å². The van der Waals surface area contributed by atoms with Gasteiger partial charge in [-0.2, -0.15) is 0 Å². The second-order valence-electron chi connectivity index (χ2n) is 16.4. The molecule has 0 radical (unpaired) electrons. The van der Waals surface area contributed by atoms with E-state index in [9.17, 15) is 14.7 Å². The summed E-state index contributed by atoms with van der Waals surface area (Å²) in [6, 6.07) is 49.3. The minimum atomic E-state index is -0.393. The number of ketones is 2. The molecule has 4 heteroatoms. The van der Waals surface area contributed by atoms with Gasteiger partial charge < -0.3 is 5.11 Å². The van der Waals surface area contributed by atoms with Gasteiger partial charge in [-0.3, -0.25) is 9.59 Å². The number of aryl methyl sites for hydroxylation is 1. The molecule has 0 aromatic heterocycles. The quantitative estimate of drug-likeness (QED) is 0.134. The SMILES string of the molecule is CC1(C2=CCc3ccccc32)Cc2ccccc2C1=O.O=C1/C(=C2/CCc3ccccc32)Cc2ccccc21.[Li+].[O-]C1=C(C2=CCc3ccccc32)Cc2ccccc21. The standard InChI is InChI=1S/C19H16O.2C18H14O.Li/c1-19(12-14-7-3-5-9-16(14)18(19)20)17-11-10-13-6-2-4-8-15(13)17;2*19-18-15-8-4-2-6-13(15)11-17(18)16-10-9-12-5-1-3-7-14(12)16;/h2-9,11H,10,12H2,1H3;1-8H,9-11H2;1-8,10,19H,9,11H2;/q;;;+1/p-1/b;17-16-;;. The van der Waals surface area contributed by atoms with Crippen molar-refractivity contribution in [2.24, 2.45) is 5.41 Å². The van der Waals surface area contributed by atoms with Crippen molar-refractivity contribution in [1.29, 1.82) is 0 Å². The second-order valence-corrected chi connectivity index (χ2v) is 16.4. The Morgan fingerprint density at radius 1 is 0.458 bits per heavy atom. The Kier molecular flexibility index (Phi) is 10.2. The number of carbonyl (C=O) groups excluding carboxylic acids is 2. The normalized spacial score (nSPS) is 19.8. The molecule has 3 nitrogen and oxygen atoms in total. The van der Waals surface area contributed by atoms with Crippen molar-refractivity contribution >= 4 is 34.0 Å². The van der Waals surface area contributed by atoms with Crippen molar-refractivity contribution in [3.8, 4) is 0 Å². The number of fused-ring (bicyclic) bond motifs is 6. The predicted molar refractivity (Wildman–Crippen MR) is 232 cm³/mol. The zero-order chi connectivity index (χ0) is 39.4. The van der Waals surface area contributed by atoms with Crippen molar-refractivity contribution in [1.82, 2.24) is 0 Å². The molecular formula is C55H43LiO3. The van der Waals surface area contributed by atoms with Crippen LogP contribution in [0.3, 0.4) is 0 Å². The molecule has 1 unspecified atom stereocenters. The van der Waals surface area contributed by atoms with Crippen LogP contribution in [0.1, 0.15) is 89.7 Å². The Morgan fingerprint density at radius 2 is 0.949 bits per heavy atom. The van der Waals surface area contributed by atoms with Crippen LogP contribution >= 0.6 is 0 Å². The molecule has 6 aromatic carbocycles. The van der Waals surface area contributed by atoms with Gasteiger partial charge in [0.1, 0.15) is 0 Å². The Hall–Kier alpha value is -5.98. The van der Waals surface area contributed by atoms with E-state index in [1.165, 1.54) is 55.7 Å². The molecule has 0 N–H and O–H groups in total. The molecule has 0 amide bonds. The number of rotatable bonds is 2. The van der Waals surface area contributed by atoms with Gasteiger partial charge in [-0.1, -0.05) is 164 Å². The van der Waals surface area contributed by atoms with Crippen molar-refractivity contribution in [3.63, 3.8) is 0 Å². The maximum Gasteiger partial charge on any atom is 1.00 e. The number of hydrogen-bond donors (Lipinski definition) is 0. The summed E-state index contributed by atoms with van der Waals surface area (Å²) < 4.78 is 0. The molecule has 6 aliphatic rings. The number of benzene rings is 6. The van der Waals surface area contributed by atoms with Crippen LogP contribution in [0.2, 0.25) is 0 Å². The van der Waals surface area contributed by atoms with Crippen LogP contribution in [0.25, 0.3) is 22.5 Å². The summed E-state index contributed by atoms with van der Waals surface area (Å²) in [4.78, 5) is 25.4. The van der Waals surface area contributed by atoms with Crippen LogP contribution in [-0.2, 0) is 38.5 Å². The summed E-state index contributed by atoms with van der Waals surface area (Å²) in [6.45, 7) is 2.10. The van der Waals surface area contributed by atoms with E-state index in [1.54, 1.807) is 0 Å². The molecule has 282 valence electrons. The van der Waals surface area contributed by atoms with Gasteiger partial charge in [0.15, 0.2) is 11.6 Å². The maximum absolute atomic E-state index is 12.9. The van der Waals surface area contributed by atoms with Crippen LogP contribution in [0.15, 0.2) is 169 Å². The van der Waals surface area contributed by atoms with Gasteiger partial charge in [0.2, 0.25) is 0 Å². The third-order valence-corrected chi connectivity index (χ3v) is 13.1. The summed E-state index contributed by atoms with van der Waals surface area (Å²) in [5, 5.41) is 12.5. The van der Waals surface area contributed by atoms with E-state index in [2.05, 4.69) is 104 Å². The van der Waals surface area contributed by atoms with Crippen LogP contribution in [0.5, 0.6) is 0 Å². The van der Waals surface area contributed by atoms with E-state index in [4.69, 9.17) is 0 Å². The number of hydrogen-bond acceptors (Lipinski definition) is 3. The van der Waals surface area contributed by atoms with E-state index < -0.39 is 5.41 Å². The fourth-order valence-electron chi connectivity index (χ4n) is 10.1. The van der Waals surface area contributed by atoms with Crippen LogP contribution in [0, 0.1) is 5.41 Å². The first kappa shape index (κ1) is 38.5. The smallest absolute Gasteiger partial charge is 0.872 e. The monoisotopic (exact) mass is 758 g/mol. The van der Waals surface area contributed by atoms with Crippen molar-refractivity contribution in [3.05, 3.63) is 236 Å². The first-order valence-corrected chi connectivity index (χ1v) is 20.5. The molecular weight excluding hydrogens is 716 g/mol. The van der Waals surface area contributed by atoms with Gasteiger partial charge >= 0.3 is 18.9 Å². The van der Waals surface area contributed by atoms with Crippen molar-refractivity contribution < 1.29 is 33.6 Å². The Bertz CT molecular complexity index is 2830. The summed E-state index contributed by atoms with van der Waals surface area (Å²) in [6.07, 6.45) is 10.8. The molecule has 0 heterocycles. The molecule has 0 saturated heterocycles. The van der Waals surface area contributed by atoms with Gasteiger partial charge in [-0.15, -0.1) is 0 Å². The zero-order valence-corrected chi connectivity index (χ0v) is 33.7. The molecule has 0 spiro atoms. The zero-order valence-electron chi connectivity index (χ0n) is 33.7. The summed E-state index contributed by atoms with van der Waals surface area (Å²) in [5.41, 5.74) is 19.3. The third kappa shape index (κ3) is 6.64. The molecule has 12 rings (SSSR count). The first-order chi connectivity index (χ1) is 28.4. The van der Waals surface area contributed by atoms with Crippen molar-refractivity contribution in [2.45, 2.75) is 51.9 Å². The molecule has 0 aliphatic heterocycles. The third-order valence-electron chi connectivity index (χ3n) is 13.1.